The van der Waals surface area contributed by atoms with Gasteiger partial charge in [-0.05, 0) is 44.0 Å². The minimum Gasteiger partial charge on any atom is -0.461 e. The Labute approximate surface area is 134 Å². The van der Waals surface area contributed by atoms with Crippen molar-refractivity contribution in [2.24, 2.45) is 0 Å². The van der Waals surface area contributed by atoms with E-state index in [4.69, 9.17) is 8.94 Å². The van der Waals surface area contributed by atoms with E-state index < -0.39 is 0 Å². The Balaban J connectivity index is 1.50. The highest BCUT2D eigenvalue weighted by Crippen LogP contribution is 2.33. The molecule has 3 heterocycles. The molecule has 1 aliphatic rings. The largest absolute Gasteiger partial charge is 0.461 e. The average Bonchev–Trinajstić information content (AvgIpc) is 3.29. The molecule has 1 saturated heterocycles. The number of rotatable bonds is 4. The molecule has 1 aliphatic heterocycles. The summed E-state index contributed by atoms with van der Waals surface area (Å²) in [5.74, 6) is 1.78. The second-order valence-corrected chi connectivity index (χ2v) is 6.03. The predicted octanol–water partition coefficient (Wildman–Crippen LogP) is 3.98. The monoisotopic (exact) mass is 309 g/mol. The van der Waals surface area contributed by atoms with Crippen LogP contribution in [0.5, 0.6) is 0 Å². The van der Waals surface area contributed by atoms with Gasteiger partial charge >= 0.3 is 0 Å². The van der Waals surface area contributed by atoms with Crippen molar-refractivity contribution in [3.05, 3.63) is 59.7 Å². The molecule has 0 bridgehead atoms. The van der Waals surface area contributed by atoms with Gasteiger partial charge in [0.2, 0.25) is 11.7 Å². The number of hydrogen-bond acceptors (Lipinski definition) is 5. The van der Waals surface area contributed by atoms with Gasteiger partial charge in [-0.1, -0.05) is 35.0 Å². The van der Waals surface area contributed by atoms with Crippen LogP contribution in [0.1, 0.15) is 35.9 Å². The van der Waals surface area contributed by atoms with Crippen LogP contribution in [-0.2, 0) is 6.54 Å². The second-order valence-electron chi connectivity index (χ2n) is 6.03. The molecule has 23 heavy (non-hydrogen) atoms. The van der Waals surface area contributed by atoms with Crippen molar-refractivity contribution in [1.29, 1.82) is 0 Å². The van der Waals surface area contributed by atoms with Gasteiger partial charge in [0, 0.05) is 6.04 Å². The topological polar surface area (TPSA) is 55.3 Å². The van der Waals surface area contributed by atoms with Crippen molar-refractivity contribution in [2.75, 3.05) is 6.54 Å². The number of hydrogen-bond donors (Lipinski definition) is 0. The number of aryl methyl sites for hydroxylation is 1. The van der Waals surface area contributed by atoms with Crippen molar-refractivity contribution in [1.82, 2.24) is 15.0 Å². The Hall–Kier alpha value is -2.40. The lowest BCUT2D eigenvalue weighted by atomic mass is 10.0. The summed E-state index contributed by atoms with van der Waals surface area (Å²) in [5, 5.41) is 4.00. The Morgan fingerprint density at radius 3 is 2.87 bits per heavy atom. The predicted molar refractivity (Wildman–Crippen MR) is 85.6 cm³/mol. The zero-order chi connectivity index (χ0) is 15.6. The maximum Gasteiger partial charge on any atom is 0.241 e. The standard InChI is InChI=1S/C18H19N3O2/c1-13-6-8-14(9-7-13)15-4-2-10-21(15)12-17-19-18(20-23-17)16-5-3-11-22-16/h3,5-9,11,15H,2,4,10,12H2,1H3/t15-/m0/s1. The molecule has 0 unspecified atom stereocenters. The van der Waals surface area contributed by atoms with E-state index in [0.717, 1.165) is 6.54 Å². The zero-order valence-electron chi connectivity index (χ0n) is 13.1. The first kappa shape index (κ1) is 14.2. The summed E-state index contributed by atoms with van der Waals surface area (Å²) in [6, 6.07) is 12.9. The number of likely N-dealkylation sites (tertiary alicyclic amines) is 1. The van der Waals surface area contributed by atoms with Gasteiger partial charge in [0.05, 0.1) is 12.8 Å². The van der Waals surface area contributed by atoms with E-state index in [-0.39, 0.29) is 0 Å². The maximum absolute atomic E-state index is 5.39. The van der Waals surface area contributed by atoms with Crippen molar-refractivity contribution < 1.29 is 8.94 Å². The molecule has 1 fully saturated rings. The molecule has 2 aromatic heterocycles. The van der Waals surface area contributed by atoms with Crippen LogP contribution in [0.2, 0.25) is 0 Å². The third-order valence-electron chi connectivity index (χ3n) is 4.37. The highest BCUT2D eigenvalue weighted by atomic mass is 16.5. The van der Waals surface area contributed by atoms with Crippen LogP contribution in [0.15, 0.2) is 51.6 Å². The molecule has 0 saturated carbocycles. The smallest absolute Gasteiger partial charge is 0.241 e. The molecule has 118 valence electrons. The van der Waals surface area contributed by atoms with Crippen LogP contribution in [0, 0.1) is 6.92 Å². The first-order valence-corrected chi connectivity index (χ1v) is 7.97. The fourth-order valence-electron chi connectivity index (χ4n) is 3.18. The van der Waals surface area contributed by atoms with Gasteiger partial charge in [-0.2, -0.15) is 4.98 Å². The van der Waals surface area contributed by atoms with Crippen molar-refractivity contribution in [2.45, 2.75) is 32.4 Å². The third-order valence-corrected chi connectivity index (χ3v) is 4.37. The first-order valence-electron chi connectivity index (χ1n) is 7.97. The summed E-state index contributed by atoms with van der Waals surface area (Å²) >= 11 is 0. The summed E-state index contributed by atoms with van der Waals surface area (Å²) in [4.78, 5) is 6.85. The van der Waals surface area contributed by atoms with Gasteiger partial charge in [-0.25, -0.2) is 0 Å². The maximum atomic E-state index is 5.39. The molecule has 3 aromatic rings. The zero-order valence-corrected chi connectivity index (χ0v) is 13.1. The lowest BCUT2D eigenvalue weighted by Gasteiger charge is -2.23. The van der Waals surface area contributed by atoms with Crippen LogP contribution in [0.4, 0.5) is 0 Å². The molecule has 1 atom stereocenters. The van der Waals surface area contributed by atoms with E-state index >= 15 is 0 Å². The molecule has 4 rings (SSSR count). The number of benzene rings is 1. The number of nitrogens with zero attached hydrogens (tertiary/aromatic N) is 3. The summed E-state index contributed by atoms with van der Waals surface area (Å²) in [5.41, 5.74) is 2.65. The van der Waals surface area contributed by atoms with Crippen molar-refractivity contribution in [3.63, 3.8) is 0 Å². The molecular weight excluding hydrogens is 290 g/mol. The summed E-state index contributed by atoms with van der Waals surface area (Å²) in [7, 11) is 0. The van der Waals surface area contributed by atoms with Crippen molar-refractivity contribution >= 4 is 0 Å². The van der Waals surface area contributed by atoms with Gasteiger partial charge in [0.15, 0.2) is 5.76 Å². The fraction of sp³-hybridized carbons (Fsp3) is 0.333. The SMILES string of the molecule is Cc1ccc([C@@H]2CCCN2Cc2nc(-c3ccco3)no2)cc1. The van der Waals surface area contributed by atoms with Crippen LogP contribution < -0.4 is 0 Å². The van der Waals surface area contributed by atoms with Gasteiger partial charge < -0.3 is 8.94 Å². The van der Waals surface area contributed by atoms with Crippen LogP contribution in [0.25, 0.3) is 11.6 Å². The Morgan fingerprint density at radius 2 is 2.09 bits per heavy atom. The summed E-state index contributed by atoms with van der Waals surface area (Å²) in [6.07, 6.45) is 3.97. The quantitative estimate of drug-likeness (QED) is 0.729. The minimum atomic E-state index is 0.426. The van der Waals surface area contributed by atoms with E-state index in [1.807, 2.05) is 12.1 Å². The first-order chi connectivity index (χ1) is 11.3. The average molecular weight is 309 g/mol. The van der Waals surface area contributed by atoms with E-state index in [0.29, 0.717) is 30.1 Å². The van der Waals surface area contributed by atoms with E-state index in [9.17, 15) is 0 Å². The lowest BCUT2D eigenvalue weighted by Crippen LogP contribution is -2.22. The molecule has 5 heteroatoms. The number of aromatic nitrogens is 2. The molecule has 0 N–H and O–H groups in total. The summed E-state index contributed by atoms with van der Waals surface area (Å²) < 4.78 is 10.7. The van der Waals surface area contributed by atoms with E-state index in [1.165, 1.54) is 24.0 Å². The van der Waals surface area contributed by atoms with Gasteiger partial charge in [0.1, 0.15) is 0 Å². The van der Waals surface area contributed by atoms with Gasteiger partial charge in [-0.15, -0.1) is 0 Å². The molecule has 0 radical (unpaired) electrons. The molecule has 0 spiro atoms. The van der Waals surface area contributed by atoms with Crippen LogP contribution in [-0.4, -0.2) is 21.6 Å². The van der Waals surface area contributed by atoms with Crippen molar-refractivity contribution in [3.8, 4) is 11.6 Å². The third kappa shape index (κ3) is 2.92. The Morgan fingerprint density at radius 1 is 1.22 bits per heavy atom. The fourth-order valence-corrected chi connectivity index (χ4v) is 3.18. The van der Waals surface area contributed by atoms with Crippen LogP contribution >= 0.6 is 0 Å². The molecule has 1 aromatic carbocycles. The van der Waals surface area contributed by atoms with E-state index in [2.05, 4.69) is 46.2 Å². The van der Waals surface area contributed by atoms with Gasteiger partial charge in [0.25, 0.3) is 0 Å². The van der Waals surface area contributed by atoms with E-state index in [1.54, 1.807) is 6.26 Å². The highest BCUT2D eigenvalue weighted by molar-refractivity contribution is 5.44. The normalized spacial score (nSPS) is 18.6. The second kappa shape index (κ2) is 6.01. The lowest BCUT2D eigenvalue weighted by molar-refractivity contribution is 0.212. The molecule has 5 nitrogen and oxygen atoms in total. The minimum absolute atomic E-state index is 0.426. The molecular formula is C18H19N3O2. The van der Waals surface area contributed by atoms with Crippen LogP contribution in [0.3, 0.4) is 0 Å². The Kier molecular flexibility index (Phi) is 3.71. The Bertz CT molecular complexity index is 762. The molecule has 0 amide bonds. The molecule has 0 aliphatic carbocycles. The highest BCUT2D eigenvalue weighted by Gasteiger charge is 2.27. The van der Waals surface area contributed by atoms with Gasteiger partial charge in [-0.3, -0.25) is 4.90 Å². The number of furan rings is 1. The summed E-state index contributed by atoms with van der Waals surface area (Å²) in [6.45, 7) is 3.84.